The van der Waals surface area contributed by atoms with Crippen LogP contribution in [0.15, 0.2) is 18.2 Å². The summed E-state index contributed by atoms with van der Waals surface area (Å²) in [6.07, 6.45) is 0.607. The molecule has 1 N–H and O–H groups in total. The molecule has 0 unspecified atom stereocenters. The number of carbonyl (C=O) groups is 1. The van der Waals surface area contributed by atoms with Gasteiger partial charge in [0.25, 0.3) is 5.91 Å². The van der Waals surface area contributed by atoms with Gasteiger partial charge in [0.05, 0.1) is 25.2 Å². The van der Waals surface area contributed by atoms with E-state index in [1.807, 2.05) is 6.92 Å². The molecular weight excluding hydrogens is 306 g/mol. The van der Waals surface area contributed by atoms with Crippen molar-refractivity contribution in [3.63, 3.8) is 0 Å². The third-order valence-corrected chi connectivity index (χ3v) is 5.44. The number of hydrogen-bond donors (Lipinski definition) is 1. The molecule has 1 aromatic carbocycles. The quantitative estimate of drug-likeness (QED) is 0.850. The van der Waals surface area contributed by atoms with E-state index in [9.17, 15) is 13.2 Å². The van der Waals surface area contributed by atoms with Gasteiger partial charge in [0, 0.05) is 12.1 Å². The Bertz CT molecular complexity index is 641. The van der Waals surface area contributed by atoms with Crippen molar-refractivity contribution in [2.75, 3.05) is 31.8 Å². The standard InChI is InChI=1S/C15H21NO5S/c1-3-21-14-8-12(4-5-13(14)20-2)15(17)16-9-11-6-7-22(18,19)10-11/h4-5,8,11H,3,6-7,9-10H2,1-2H3,(H,16,17)/t11-/m0/s1. The zero-order valence-electron chi connectivity index (χ0n) is 12.8. The summed E-state index contributed by atoms with van der Waals surface area (Å²) in [5.74, 6) is 1.21. The molecule has 1 aliphatic heterocycles. The Morgan fingerprint density at radius 2 is 2.14 bits per heavy atom. The monoisotopic (exact) mass is 327 g/mol. The molecule has 0 spiro atoms. The largest absolute Gasteiger partial charge is 0.493 e. The Labute approximate surface area is 130 Å². The number of sulfone groups is 1. The number of methoxy groups -OCH3 is 1. The number of hydrogen-bond acceptors (Lipinski definition) is 5. The normalized spacial score (nSPS) is 19.6. The average Bonchev–Trinajstić information content (AvgIpc) is 2.84. The molecule has 1 saturated heterocycles. The fourth-order valence-corrected chi connectivity index (χ4v) is 4.32. The lowest BCUT2D eigenvalue weighted by atomic mass is 10.1. The van der Waals surface area contributed by atoms with E-state index >= 15 is 0 Å². The Kier molecular flexibility index (Phi) is 5.28. The van der Waals surface area contributed by atoms with Crippen molar-refractivity contribution >= 4 is 15.7 Å². The van der Waals surface area contributed by atoms with Crippen molar-refractivity contribution < 1.29 is 22.7 Å². The third kappa shape index (κ3) is 4.13. The molecule has 6 nitrogen and oxygen atoms in total. The molecule has 7 heteroatoms. The van der Waals surface area contributed by atoms with Crippen molar-refractivity contribution in [3.05, 3.63) is 23.8 Å². The lowest BCUT2D eigenvalue weighted by Gasteiger charge is -2.12. The van der Waals surface area contributed by atoms with Crippen LogP contribution in [0.3, 0.4) is 0 Å². The third-order valence-electron chi connectivity index (χ3n) is 3.60. The van der Waals surface area contributed by atoms with Gasteiger partial charge in [-0.15, -0.1) is 0 Å². The van der Waals surface area contributed by atoms with E-state index < -0.39 is 9.84 Å². The van der Waals surface area contributed by atoms with Crippen molar-refractivity contribution in [2.45, 2.75) is 13.3 Å². The molecule has 2 rings (SSSR count). The van der Waals surface area contributed by atoms with Crippen LogP contribution >= 0.6 is 0 Å². The Morgan fingerprint density at radius 1 is 1.36 bits per heavy atom. The minimum absolute atomic E-state index is 0.00133. The Balaban J connectivity index is 1.99. The van der Waals surface area contributed by atoms with Crippen molar-refractivity contribution in [1.82, 2.24) is 5.32 Å². The molecule has 1 amide bonds. The number of carbonyl (C=O) groups excluding carboxylic acids is 1. The van der Waals surface area contributed by atoms with Crippen LogP contribution in [0.5, 0.6) is 11.5 Å². The van der Waals surface area contributed by atoms with Crippen LogP contribution in [-0.4, -0.2) is 46.1 Å². The molecule has 0 aliphatic carbocycles. The van der Waals surface area contributed by atoms with Crippen LogP contribution in [0.2, 0.25) is 0 Å². The van der Waals surface area contributed by atoms with E-state index in [2.05, 4.69) is 5.32 Å². The second-order valence-corrected chi connectivity index (χ2v) is 7.51. The van der Waals surface area contributed by atoms with Crippen molar-refractivity contribution in [3.8, 4) is 11.5 Å². The number of amides is 1. The second kappa shape index (κ2) is 7.00. The van der Waals surface area contributed by atoms with Crippen LogP contribution in [0, 0.1) is 5.92 Å². The van der Waals surface area contributed by atoms with Crippen LogP contribution < -0.4 is 14.8 Å². The molecular formula is C15H21NO5S. The van der Waals surface area contributed by atoms with Crippen LogP contribution in [0.1, 0.15) is 23.7 Å². The summed E-state index contributed by atoms with van der Waals surface area (Å²) in [6, 6.07) is 4.96. The number of benzene rings is 1. The number of rotatable bonds is 6. The van der Waals surface area contributed by atoms with Crippen LogP contribution in [0.25, 0.3) is 0 Å². The predicted molar refractivity (Wildman–Crippen MR) is 83.3 cm³/mol. The van der Waals surface area contributed by atoms with Gasteiger partial charge < -0.3 is 14.8 Å². The fraction of sp³-hybridized carbons (Fsp3) is 0.533. The summed E-state index contributed by atoms with van der Waals surface area (Å²) in [5.41, 5.74) is 0.463. The van der Waals surface area contributed by atoms with E-state index in [1.54, 1.807) is 18.2 Å². The minimum Gasteiger partial charge on any atom is -0.493 e. The molecule has 1 fully saturated rings. The van der Waals surface area contributed by atoms with Gasteiger partial charge in [-0.1, -0.05) is 0 Å². The van der Waals surface area contributed by atoms with Gasteiger partial charge >= 0.3 is 0 Å². The van der Waals surface area contributed by atoms with Gasteiger partial charge in [0.15, 0.2) is 21.3 Å². The highest BCUT2D eigenvalue weighted by atomic mass is 32.2. The summed E-state index contributed by atoms with van der Waals surface area (Å²) in [7, 11) is -1.38. The second-order valence-electron chi connectivity index (χ2n) is 5.28. The maximum absolute atomic E-state index is 12.2. The van der Waals surface area contributed by atoms with E-state index in [-0.39, 0.29) is 23.3 Å². The molecule has 0 bridgehead atoms. The minimum atomic E-state index is -2.92. The highest BCUT2D eigenvalue weighted by molar-refractivity contribution is 7.91. The fourth-order valence-electron chi connectivity index (χ4n) is 2.46. The van der Waals surface area contributed by atoms with E-state index in [4.69, 9.17) is 9.47 Å². The molecule has 1 atom stereocenters. The van der Waals surface area contributed by atoms with Gasteiger partial charge in [0.1, 0.15) is 0 Å². The van der Waals surface area contributed by atoms with Gasteiger partial charge in [0.2, 0.25) is 0 Å². The highest BCUT2D eigenvalue weighted by Gasteiger charge is 2.28. The van der Waals surface area contributed by atoms with Gasteiger partial charge in [-0.3, -0.25) is 4.79 Å². The van der Waals surface area contributed by atoms with Gasteiger partial charge in [-0.2, -0.15) is 0 Å². The molecule has 0 radical (unpaired) electrons. The molecule has 0 aromatic heterocycles. The number of ether oxygens (including phenoxy) is 2. The SMILES string of the molecule is CCOc1cc(C(=O)NC[C@@H]2CCS(=O)(=O)C2)ccc1OC. The van der Waals surface area contributed by atoms with Gasteiger partial charge in [-0.05, 0) is 37.5 Å². The molecule has 1 heterocycles. The highest BCUT2D eigenvalue weighted by Crippen LogP contribution is 2.28. The maximum atomic E-state index is 12.2. The summed E-state index contributed by atoms with van der Waals surface area (Å²) >= 11 is 0. The zero-order chi connectivity index (χ0) is 16.2. The Hall–Kier alpha value is -1.76. The molecule has 1 aromatic rings. The predicted octanol–water partition coefficient (Wildman–Crippen LogP) is 1.26. The maximum Gasteiger partial charge on any atom is 0.251 e. The topological polar surface area (TPSA) is 81.7 Å². The van der Waals surface area contributed by atoms with E-state index in [1.165, 1.54) is 7.11 Å². The summed E-state index contributed by atoms with van der Waals surface area (Å²) in [4.78, 5) is 12.2. The summed E-state index contributed by atoms with van der Waals surface area (Å²) < 4.78 is 33.4. The molecule has 0 saturated carbocycles. The van der Waals surface area contributed by atoms with E-state index in [0.717, 1.165) is 0 Å². The van der Waals surface area contributed by atoms with Crippen molar-refractivity contribution in [2.24, 2.45) is 5.92 Å². The molecule has 1 aliphatic rings. The van der Waals surface area contributed by atoms with Crippen LogP contribution in [0.4, 0.5) is 0 Å². The average molecular weight is 327 g/mol. The first-order valence-corrected chi connectivity index (χ1v) is 9.06. The summed E-state index contributed by atoms with van der Waals surface area (Å²) in [6.45, 7) is 2.70. The zero-order valence-corrected chi connectivity index (χ0v) is 13.6. The molecule has 22 heavy (non-hydrogen) atoms. The summed E-state index contributed by atoms with van der Waals surface area (Å²) in [5, 5.41) is 2.79. The van der Waals surface area contributed by atoms with Crippen LogP contribution in [-0.2, 0) is 9.84 Å². The Morgan fingerprint density at radius 3 is 2.73 bits per heavy atom. The lowest BCUT2D eigenvalue weighted by molar-refractivity contribution is 0.0948. The smallest absolute Gasteiger partial charge is 0.251 e. The first-order valence-electron chi connectivity index (χ1n) is 7.24. The first kappa shape index (κ1) is 16.6. The first-order chi connectivity index (χ1) is 10.4. The lowest BCUT2D eigenvalue weighted by Crippen LogP contribution is -2.29. The molecule has 122 valence electrons. The van der Waals surface area contributed by atoms with Gasteiger partial charge in [-0.25, -0.2) is 8.42 Å². The van der Waals surface area contributed by atoms with Crippen molar-refractivity contribution in [1.29, 1.82) is 0 Å². The van der Waals surface area contributed by atoms with E-state index in [0.29, 0.717) is 36.6 Å². The number of nitrogens with one attached hydrogen (secondary N) is 1.